The molecule has 0 aliphatic heterocycles. The Morgan fingerprint density at radius 1 is 1.22 bits per heavy atom. The Labute approximate surface area is 108 Å². The lowest BCUT2D eigenvalue weighted by molar-refractivity contribution is 0.118. The van der Waals surface area contributed by atoms with Gasteiger partial charge in [0.25, 0.3) is 0 Å². The average Bonchev–Trinajstić information content (AvgIpc) is 2.77. The van der Waals surface area contributed by atoms with Crippen molar-refractivity contribution in [2.24, 2.45) is 7.05 Å². The first kappa shape index (κ1) is 12.8. The molecule has 0 fully saturated rings. The van der Waals surface area contributed by atoms with Crippen molar-refractivity contribution in [2.75, 3.05) is 6.61 Å². The molecule has 0 saturated heterocycles. The Bertz CT molecular complexity index is 473. The maximum absolute atomic E-state index is 5.65. The molecule has 0 spiro atoms. The SMILES string of the molecule is Cc1ccc(COCCCc2cn(C)cn2)cc1. The lowest BCUT2D eigenvalue weighted by Gasteiger charge is -2.04. The van der Waals surface area contributed by atoms with Gasteiger partial charge in [-0.15, -0.1) is 0 Å². The summed E-state index contributed by atoms with van der Waals surface area (Å²) in [5.41, 5.74) is 3.66. The van der Waals surface area contributed by atoms with Crippen molar-refractivity contribution in [3.05, 3.63) is 53.6 Å². The van der Waals surface area contributed by atoms with Crippen molar-refractivity contribution >= 4 is 0 Å². The molecule has 1 aromatic carbocycles. The van der Waals surface area contributed by atoms with Crippen molar-refractivity contribution in [1.29, 1.82) is 0 Å². The van der Waals surface area contributed by atoms with Gasteiger partial charge in [-0.3, -0.25) is 0 Å². The minimum absolute atomic E-state index is 0.697. The van der Waals surface area contributed by atoms with Gasteiger partial charge in [-0.1, -0.05) is 29.8 Å². The quantitative estimate of drug-likeness (QED) is 0.731. The molecule has 0 saturated carbocycles. The van der Waals surface area contributed by atoms with E-state index in [2.05, 4.69) is 42.4 Å². The van der Waals surface area contributed by atoms with Crippen LogP contribution in [0.5, 0.6) is 0 Å². The van der Waals surface area contributed by atoms with E-state index in [0.717, 1.165) is 25.1 Å². The van der Waals surface area contributed by atoms with Gasteiger partial charge in [0.2, 0.25) is 0 Å². The summed E-state index contributed by atoms with van der Waals surface area (Å²) in [6, 6.07) is 8.47. The lowest BCUT2D eigenvalue weighted by Crippen LogP contribution is -1.97. The second kappa shape index (κ2) is 6.36. The summed E-state index contributed by atoms with van der Waals surface area (Å²) >= 11 is 0. The number of hydrogen-bond donors (Lipinski definition) is 0. The van der Waals surface area contributed by atoms with Gasteiger partial charge in [0, 0.05) is 19.9 Å². The van der Waals surface area contributed by atoms with Gasteiger partial charge in [-0.05, 0) is 25.3 Å². The van der Waals surface area contributed by atoms with Crippen LogP contribution < -0.4 is 0 Å². The first-order valence-corrected chi connectivity index (χ1v) is 6.34. The van der Waals surface area contributed by atoms with Crippen LogP contribution in [0.25, 0.3) is 0 Å². The smallest absolute Gasteiger partial charge is 0.0946 e. The highest BCUT2D eigenvalue weighted by Crippen LogP contribution is 2.05. The van der Waals surface area contributed by atoms with E-state index in [-0.39, 0.29) is 0 Å². The number of imidazole rings is 1. The predicted octanol–water partition coefficient (Wildman–Crippen LogP) is 2.88. The Morgan fingerprint density at radius 3 is 2.67 bits per heavy atom. The molecule has 96 valence electrons. The fourth-order valence-corrected chi connectivity index (χ4v) is 1.83. The molecule has 18 heavy (non-hydrogen) atoms. The van der Waals surface area contributed by atoms with Crippen molar-refractivity contribution in [3.8, 4) is 0 Å². The van der Waals surface area contributed by atoms with Gasteiger partial charge in [0.05, 0.1) is 18.6 Å². The van der Waals surface area contributed by atoms with Gasteiger partial charge < -0.3 is 9.30 Å². The maximum Gasteiger partial charge on any atom is 0.0946 e. The molecular weight excluding hydrogens is 224 g/mol. The Morgan fingerprint density at radius 2 is 2.00 bits per heavy atom. The summed E-state index contributed by atoms with van der Waals surface area (Å²) in [5, 5.41) is 0. The minimum atomic E-state index is 0.697. The number of rotatable bonds is 6. The molecule has 2 rings (SSSR count). The standard InChI is InChI=1S/C15H20N2O/c1-13-5-7-14(8-6-13)11-18-9-3-4-15-10-17(2)12-16-15/h5-8,10,12H,3-4,9,11H2,1-2H3. The summed E-state index contributed by atoms with van der Waals surface area (Å²) in [6.07, 6.45) is 5.89. The maximum atomic E-state index is 5.65. The predicted molar refractivity (Wildman–Crippen MR) is 72.4 cm³/mol. The number of nitrogens with zero attached hydrogens (tertiary/aromatic N) is 2. The Kier molecular flexibility index (Phi) is 4.53. The molecule has 3 nitrogen and oxygen atoms in total. The number of aromatic nitrogens is 2. The summed E-state index contributed by atoms with van der Waals surface area (Å²) in [4.78, 5) is 4.29. The molecule has 1 heterocycles. The van der Waals surface area contributed by atoms with Gasteiger partial charge in [-0.25, -0.2) is 4.98 Å². The van der Waals surface area contributed by atoms with E-state index < -0.39 is 0 Å². The summed E-state index contributed by atoms with van der Waals surface area (Å²) in [7, 11) is 1.99. The largest absolute Gasteiger partial charge is 0.377 e. The second-order valence-electron chi connectivity index (χ2n) is 4.67. The molecule has 2 aromatic rings. The van der Waals surface area contributed by atoms with E-state index >= 15 is 0 Å². The molecule has 3 heteroatoms. The third kappa shape index (κ3) is 4.00. The van der Waals surface area contributed by atoms with Crippen LogP contribution in [0.3, 0.4) is 0 Å². The molecule has 0 bridgehead atoms. The van der Waals surface area contributed by atoms with Crippen LogP contribution in [-0.4, -0.2) is 16.2 Å². The van der Waals surface area contributed by atoms with Crippen molar-refractivity contribution in [3.63, 3.8) is 0 Å². The second-order valence-corrected chi connectivity index (χ2v) is 4.67. The van der Waals surface area contributed by atoms with Crippen LogP contribution >= 0.6 is 0 Å². The number of hydrogen-bond acceptors (Lipinski definition) is 2. The monoisotopic (exact) mass is 244 g/mol. The lowest BCUT2D eigenvalue weighted by atomic mass is 10.2. The van der Waals surface area contributed by atoms with Gasteiger partial charge in [0.1, 0.15) is 0 Å². The first-order chi connectivity index (χ1) is 8.74. The van der Waals surface area contributed by atoms with E-state index in [9.17, 15) is 0 Å². The van der Waals surface area contributed by atoms with Crippen LogP contribution in [0.1, 0.15) is 23.2 Å². The van der Waals surface area contributed by atoms with Crippen LogP contribution in [-0.2, 0) is 24.8 Å². The van der Waals surface area contributed by atoms with Crippen molar-refractivity contribution in [1.82, 2.24) is 9.55 Å². The Balaban J connectivity index is 1.63. The molecule has 0 unspecified atom stereocenters. The zero-order chi connectivity index (χ0) is 12.8. The zero-order valence-electron chi connectivity index (χ0n) is 11.1. The molecule has 1 aromatic heterocycles. The van der Waals surface area contributed by atoms with E-state index in [1.165, 1.54) is 11.1 Å². The van der Waals surface area contributed by atoms with Gasteiger partial charge in [0.15, 0.2) is 0 Å². The third-order valence-corrected chi connectivity index (χ3v) is 2.87. The zero-order valence-corrected chi connectivity index (χ0v) is 11.1. The van der Waals surface area contributed by atoms with Crippen LogP contribution in [0.4, 0.5) is 0 Å². The fourth-order valence-electron chi connectivity index (χ4n) is 1.83. The van der Waals surface area contributed by atoms with Crippen LogP contribution in [0, 0.1) is 6.92 Å². The van der Waals surface area contributed by atoms with Crippen LogP contribution in [0.2, 0.25) is 0 Å². The van der Waals surface area contributed by atoms with E-state index in [1.807, 2.05) is 17.9 Å². The highest BCUT2D eigenvalue weighted by molar-refractivity contribution is 5.20. The molecule has 0 N–H and O–H groups in total. The molecule has 0 atom stereocenters. The number of ether oxygens (including phenoxy) is 1. The topological polar surface area (TPSA) is 27.1 Å². The van der Waals surface area contributed by atoms with E-state index in [1.54, 1.807) is 0 Å². The van der Waals surface area contributed by atoms with E-state index in [0.29, 0.717) is 6.61 Å². The van der Waals surface area contributed by atoms with E-state index in [4.69, 9.17) is 4.74 Å². The number of aryl methyl sites for hydroxylation is 3. The van der Waals surface area contributed by atoms with Crippen molar-refractivity contribution < 1.29 is 4.74 Å². The first-order valence-electron chi connectivity index (χ1n) is 6.34. The van der Waals surface area contributed by atoms with Gasteiger partial charge >= 0.3 is 0 Å². The fraction of sp³-hybridized carbons (Fsp3) is 0.400. The van der Waals surface area contributed by atoms with Crippen molar-refractivity contribution in [2.45, 2.75) is 26.4 Å². The van der Waals surface area contributed by atoms with Gasteiger partial charge in [-0.2, -0.15) is 0 Å². The Hall–Kier alpha value is -1.61. The molecular formula is C15H20N2O. The summed E-state index contributed by atoms with van der Waals surface area (Å²) in [5.74, 6) is 0. The summed E-state index contributed by atoms with van der Waals surface area (Å²) < 4.78 is 7.63. The molecule has 0 radical (unpaired) electrons. The average molecular weight is 244 g/mol. The highest BCUT2D eigenvalue weighted by atomic mass is 16.5. The summed E-state index contributed by atoms with van der Waals surface area (Å²) in [6.45, 7) is 3.57. The molecule has 0 amide bonds. The minimum Gasteiger partial charge on any atom is -0.377 e. The normalized spacial score (nSPS) is 10.8. The highest BCUT2D eigenvalue weighted by Gasteiger charge is 1.97. The molecule has 0 aliphatic rings. The molecule has 0 aliphatic carbocycles. The number of benzene rings is 1. The third-order valence-electron chi connectivity index (χ3n) is 2.87. The van der Waals surface area contributed by atoms with Crippen LogP contribution in [0.15, 0.2) is 36.8 Å².